The zero-order chi connectivity index (χ0) is 15.9. The number of hydrogen-bond acceptors (Lipinski definition) is 7. The molecule has 1 aliphatic heterocycles. The van der Waals surface area contributed by atoms with E-state index in [0.29, 0.717) is 5.82 Å². The lowest BCUT2D eigenvalue weighted by Gasteiger charge is -2.28. The van der Waals surface area contributed by atoms with Gasteiger partial charge in [0.2, 0.25) is 0 Å². The molecule has 1 aromatic carbocycles. The quantitative estimate of drug-likeness (QED) is 0.605. The topological polar surface area (TPSA) is 79.8 Å². The normalized spacial score (nSPS) is 15.4. The molecule has 5 rings (SSSR count). The summed E-state index contributed by atoms with van der Waals surface area (Å²) in [6, 6.07) is 6.01. The van der Waals surface area contributed by atoms with Gasteiger partial charge in [0.15, 0.2) is 17.3 Å². The number of hydrogen-bond donors (Lipinski definition) is 1. The van der Waals surface area contributed by atoms with Crippen molar-refractivity contribution in [2.24, 2.45) is 0 Å². The second kappa shape index (κ2) is 5.50. The first-order valence-electron chi connectivity index (χ1n) is 7.76. The van der Waals surface area contributed by atoms with Crippen molar-refractivity contribution in [1.82, 2.24) is 24.9 Å². The minimum atomic E-state index is 0.680. The highest BCUT2D eigenvalue weighted by atomic mass is 32.1. The van der Waals surface area contributed by atoms with Gasteiger partial charge >= 0.3 is 0 Å². The molecule has 0 bridgehead atoms. The molecule has 1 fully saturated rings. The number of imidazole rings is 1. The van der Waals surface area contributed by atoms with Gasteiger partial charge in [-0.1, -0.05) is 0 Å². The Kier molecular flexibility index (Phi) is 3.17. The molecular weight excluding hydrogens is 324 g/mol. The van der Waals surface area contributed by atoms with Gasteiger partial charge in [0.25, 0.3) is 0 Å². The van der Waals surface area contributed by atoms with Gasteiger partial charge in [0.1, 0.15) is 4.70 Å². The maximum Gasteiger partial charge on any atom is 0.176 e. The standard InChI is InChI=1S/C16H14N6OS/c1-2-11-12(18-8-17-11)7-10(1)14-20-15-13(24-9-19-15)16(21-14)22-3-5-23-6-4-22/h1-2,7-9H,3-6H2,(H,17,18). The molecule has 7 nitrogen and oxygen atoms in total. The lowest BCUT2D eigenvalue weighted by molar-refractivity contribution is 0.122. The third-order valence-electron chi connectivity index (χ3n) is 4.17. The predicted molar refractivity (Wildman–Crippen MR) is 93.3 cm³/mol. The Bertz CT molecular complexity index is 1020. The molecule has 0 radical (unpaired) electrons. The number of H-pyrrole nitrogens is 1. The van der Waals surface area contributed by atoms with Crippen LogP contribution in [0.1, 0.15) is 0 Å². The summed E-state index contributed by atoms with van der Waals surface area (Å²) in [6.45, 7) is 3.11. The van der Waals surface area contributed by atoms with Crippen LogP contribution in [0, 0.1) is 0 Å². The van der Waals surface area contributed by atoms with Crippen LogP contribution in [0.15, 0.2) is 30.0 Å². The van der Waals surface area contributed by atoms with Crippen molar-refractivity contribution in [3.05, 3.63) is 30.0 Å². The van der Waals surface area contributed by atoms with Crippen LogP contribution in [-0.2, 0) is 4.74 Å². The minimum absolute atomic E-state index is 0.680. The average Bonchev–Trinajstić information content (AvgIpc) is 3.29. The van der Waals surface area contributed by atoms with E-state index in [2.05, 4.69) is 24.8 Å². The van der Waals surface area contributed by atoms with E-state index < -0.39 is 0 Å². The molecule has 3 aromatic heterocycles. The van der Waals surface area contributed by atoms with Gasteiger partial charge in [0, 0.05) is 18.7 Å². The van der Waals surface area contributed by atoms with E-state index in [1.54, 1.807) is 17.7 Å². The summed E-state index contributed by atoms with van der Waals surface area (Å²) in [5.41, 5.74) is 5.42. The number of aromatic nitrogens is 5. The van der Waals surface area contributed by atoms with Gasteiger partial charge in [-0.25, -0.2) is 19.9 Å². The number of thiazole rings is 1. The lowest BCUT2D eigenvalue weighted by atomic mass is 10.2. The Hall–Kier alpha value is -2.58. The molecule has 0 unspecified atom stereocenters. The number of nitrogens with zero attached hydrogens (tertiary/aromatic N) is 5. The van der Waals surface area contributed by atoms with Crippen molar-refractivity contribution in [2.45, 2.75) is 0 Å². The van der Waals surface area contributed by atoms with E-state index in [9.17, 15) is 0 Å². The first kappa shape index (κ1) is 13.8. The molecule has 0 amide bonds. The molecule has 120 valence electrons. The molecule has 0 saturated carbocycles. The summed E-state index contributed by atoms with van der Waals surface area (Å²) in [5.74, 6) is 1.63. The Balaban J connectivity index is 1.67. The zero-order valence-electron chi connectivity index (χ0n) is 12.8. The number of ether oxygens (including phenoxy) is 1. The van der Waals surface area contributed by atoms with Gasteiger partial charge in [-0.05, 0) is 18.2 Å². The van der Waals surface area contributed by atoms with E-state index >= 15 is 0 Å². The molecule has 0 atom stereocenters. The largest absolute Gasteiger partial charge is 0.378 e. The number of fused-ring (bicyclic) bond motifs is 2. The van der Waals surface area contributed by atoms with E-state index in [4.69, 9.17) is 9.72 Å². The first-order valence-corrected chi connectivity index (χ1v) is 8.64. The fraction of sp³-hybridized carbons (Fsp3) is 0.250. The van der Waals surface area contributed by atoms with Crippen LogP contribution >= 0.6 is 11.3 Å². The second-order valence-electron chi connectivity index (χ2n) is 5.61. The predicted octanol–water partition coefficient (Wildman–Crippen LogP) is 2.47. The highest BCUT2D eigenvalue weighted by Gasteiger charge is 2.19. The Morgan fingerprint density at radius 3 is 2.96 bits per heavy atom. The Morgan fingerprint density at radius 2 is 2.04 bits per heavy atom. The smallest absolute Gasteiger partial charge is 0.176 e. The van der Waals surface area contributed by atoms with Crippen molar-refractivity contribution >= 4 is 38.5 Å². The molecular formula is C16H14N6OS. The van der Waals surface area contributed by atoms with Gasteiger partial charge < -0.3 is 14.6 Å². The fourth-order valence-corrected chi connectivity index (χ4v) is 3.68. The van der Waals surface area contributed by atoms with E-state index in [1.165, 1.54) is 0 Å². The molecule has 0 spiro atoms. The van der Waals surface area contributed by atoms with Crippen LogP contribution in [0.25, 0.3) is 32.8 Å². The number of anilines is 1. The van der Waals surface area contributed by atoms with Crippen LogP contribution in [0.3, 0.4) is 0 Å². The number of aromatic amines is 1. The summed E-state index contributed by atoms with van der Waals surface area (Å²) < 4.78 is 6.49. The van der Waals surface area contributed by atoms with Crippen LogP contribution in [0.5, 0.6) is 0 Å². The molecule has 4 aromatic rings. The molecule has 1 aliphatic rings. The lowest BCUT2D eigenvalue weighted by Crippen LogP contribution is -2.36. The van der Waals surface area contributed by atoms with Crippen LogP contribution < -0.4 is 4.90 Å². The second-order valence-corrected chi connectivity index (χ2v) is 6.46. The Morgan fingerprint density at radius 1 is 1.12 bits per heavy atom. The monoisotopic (exact) mass is 338 g/mol. The molecule has 1 saturated heterocycles. The summed E-state index contributed by atoms with van der Waals surface area (Å²) in [4.78, 5) is 23.6. The third kappa shape index (κ3) is 2.22. The number of rotatable bonds is 2. The maximum atomic E-state index is 5.46. The molecule has 0 aliphatic carbocycles. The third-order valence-corrected chi connectivity index (χ3v) is 4.98. The zero-order valence-corrected chi connectivity index (χ0v) is 13.6. The summed E-state index contributed by atoms with van der Waals surface area (Å²) in [7, 11) is 0. The van der Waals surface area contributed by atoms with E-state index in [-0.39, 0.29) is 0 Å². The summed E-state index contributed by atoms with van der Waals surface area (Å²) >= 11 is 1.58. The highest BCUT2D eigenvalue weighted by molar-refractivity contribution is 7.17. The summed E-state index contributed by atoms with van der Waals surface area (Å²) in [6.07, 6.45) is 1.69. The number of nitrogens with one attached hydrogen (secondary N) is 1. The van der Waals surface area contributed by atoms with E-state index in [1.807, 2.05) is 23.7 Å². The van der Waals surface area contributed by atoms with Gasteiger partial charge in [-0.3, -0.25) is 0 Å². The maximum absolute atomic E-state index is 5.46. The Labute approximate surface area is 141 Å². The van der Waals surface area contributed by atoms with Crippen LogP contribution in [0.2, 0.25) is 0 Å². The van der Waals surface area contributed by atoms with Crippen molar-refractivity contribution in [1.29, 1.82) is 0 Å². The van der Waals surface area contributed by atoms with Crippen molar-refractivity contribution in [3.63, 3.8) is 0 Å². The SMILES string of the molecule is c1nc2cc(-c3nc(N4CCOCC4)c4scnc4n3)ccc2[nH]1. The van der Waals surface area contributed by atoms with Gasteiger partial charge in [-0.2, -0.15) is 0 Å². The summed E-state index contributed by atoms with van der Waals surface area (Å²) in [5, 5.41) is 0. The first-order chi connectivity index (χ1) is 11.9. The molecule has 8 heteroatoms. The van der Waals surface area contributed by atoms with Crippen molar-refractivity contribution < 1.29 is 4.74 Å². The average molecular weight is 338 g/mol. The van der Waals surface area contributed by atoms with Gasteiger partial charge in [0.05, 0.1) is 36.1 Å². The highest BCUT2D eigenvalue weighted by Crippen LogP contribution is 2.31. The molecule has 1 N–H and O–H groups in total. The fourth-order valence-electron chi connectivity index (χ4n) is 2.94. The van der Waals surface area contributed by atoms with Gasteiger partial charge in [-0.15, -0.1) is 11.3 Å². The van der Waals surface area contributed by atoms with Crippen molar-refractivity contribution in [3.8, 4) is 11.4 Å². The number of morpholine rings is 1. The number of benzene rings is 1. The van der Waals surface area contributed by atoms with Crippen LogP contribution in [0.4, 0.5) is 5.82 Å². The molecule has 24 heavy (non-hydrogen) atoms. The van der Waals surface area contributed by atoms with Crippen molar-refractivity contribution in [2.75, 3.05) is 31.2 Å². The minimum Gasteiger partial charge on any atom is -0.378 e. The van der Waals surface area contributed by atoms with E-state index in [0.717, 1.165) is 59.1 Å². The molecule has 4 heterocycles. The van der Waals surface area contributed by atoms with Crippen LogP contribution in [-0.4, -0.2) is 51.2 Å².